The lowest BCUT2D eigenvalue weighted by Gasteiger charge is -2.11. The van der Waals surface area contributed by atoms with Gasteiger partial charge in [-0.1, -0.05) is 34.8 Å². The Morgan fingerprint density at radius 2 is 2.17 bits per heavy atom. The molecule has 0 aliphatic carbocycles. The lowest BCUT2D eigenvalue weighted by Crippen LogP contribution is -2.09. The van der Waals surface area contributed by atoms with Gasteiger partial charge < -0.3 is 4.57 Å². The fourth-order valence-corrected chi connectivity index (χ4v) is 1.14. The van der Waals surface area contributed by atoms with E-state index in [2.05, 4.69) is 4.98 Å². The first-order chi connectivity index (χ1) is 5.49. The second-order valence-corrected chi connectivity index (χ2v) is 5.05. The molecule has 0 radical (unpaired) electrons. The minimum Gasteiger partial charge on any atom is -0.335 e. The molecule has 0 saturated carbocycles. The van der Waals surface area contributed by atoms with Crippen LogP contribution in [0.25, 0.3) is 0 Å². The third kappa shape index (κ3) is 3.21. The maximum Gasteiger partial charge on any atom is 0.192 e. The quantitative estimate of drug-likeness (QED) is 0.711. The van der Waals surface area contributed by atoms with E-state index in [1.165, 1.54) is 0 Å². The van der Waals surface area contributed by atoms with Crippen molar-refractivity contribution in [2.75, 3.05) is 0 Å². The molecule has 0 amide bonds. The Hall–Kier alpha value is 0.0800. The fourth-order valence-electron chi connectivity index (χ4n) is 0.887. The summed E-state index contributed by atoms with van der Waals surface area (Å²) in [5.74, 6) is 0.934. The van der Waals surface area contributed by atoms with Crippen LogP contribution in [0.4, 0.5) is 0 Å². The molecule has 0 aromatic carbocycles. The van der Waals surface area contributed by atoms with Crippen LogP contribution in [0.15, 0.2) is 12.4 Å². The average Bonchev–Trinajstić information content (AvgIpc) is 2.29. The highest BCUT2D eigenvalue weighted by Crippen LogP contribution is 2.30. The Labute approximate surface area is 86.4 Å². The number of rotatable bonds is 2. The molecule has 0 spiro atoms. The monoisotopic (exact) mass is 226 g/mol. The molecule has 1 rings (SSSR count). The summed E-state index contributed by atoms with van der Waals surface area (Å²) < 4.78 is 0.776. The van der Waals surface area contributed by atoms with Crippen LogP contribution in [0, 0.1) is 6.92 Å². The molecule has 1 aromatic rings. The molecule has 1 heterocycles. The highest BCUT2D eigenvalue weighted by molar-refractivity contribution is 6.67. The van der Waals surface area contributed by atoms with Gasteiger partial charge in [-0.25, -0.2) is 4.98 Å². The molecule has 0 bridgehead atoms. The molecular weight excluding hydrogens is 218 g/mol. The first-order valence-electron chi connectivity index (χ1n) is 3.53. The van der Waals surface area contributed by atoms with Crippen LogP contribution in [0.2, 0.25) is 0 Å². The average molecular weight is 228 g/mol. The number of halogens is 3. The van der Waals surface area contributed by atoms with Crippen molar-refractivity contribution in [1.82, 2.24) is 9.55 Å². The van der Waals surface area contributed by atoms with E-state index in [0.717, 1.165) is 5.82 Å². The van der Waals surface area contributed by atoms with Crippen LogP contribution in [0.5, 0.6) is 0 Å². The molecule has 5 heteroatoms. The van der Waals surface area contributed by atoms with Crippen LogP contribution in [0.1, 0.15) is 12.2 Å². The van der Waals surface area contributed by atoms with Crippen LogP contribution in [0.3, 0.4) is 0 Å². The van der Waals surface area contributed by atoms with Gasteiger partial charge in [0.1, 0.15) is 5.82 Å². The highest BCUT2D eigenvalue weighted by Gasteiger charge is 2.19. The third-order valence-corrected chi connectivity index (χ3v) is 2.13. The first-order valence-corrected chi connectivity index (χ1v) is 4.67. The normalized spacial score (nSPS) is 12.0. The van der Waals surface area contributed by atoms with Crippen molar-refractivity contribution in [2.45, 2.75) is 23.7 Å². The van der Waals surface area contributed by atoms with Crippen molar-refractivity contribution in [3.8, 4) is 0 Å². The number of nitrogens with zero attached hydrogens (tertiary/aromatic N) is 2. The summed E-state index contributed by atoms with van der Waals surface area (Å²) in [4.78, 5) is 4.05. The molecule has 0 aliphatic rings. The molecule has 0 atom stereocenters. The van der Waals surface area contributed by atoms with E-state index < -0.39 is 3.79 Å². The van der Waals surface area contributed by atoms with Gasteiger partial charge in [0.2, 0.25) is 0 Å². The zero-order chi connectivity index (χ0) is 9.19. The molecule has 1 aromatic heterocycles. The van der Waals surface area contributed by atoms with Crippen LogP contribution in [-0.4, -0.2) is 13.3 Å². The molecule has 0 fully saturated rings. The summed E-state index contributed by atoms with van der Waals surface area (Å²) in [5, 5.41) is 0. The fraction of sp³-hybridized carbons (Fsp3) is 0.571. The Morgan fingerprint density at radius 1 is 1.50 bits per heavy atom. The van der Waals surface area contributed by atoms with Gasteiger partial charge in [0.15, 0.2) is 3.79 Å². The van der Waals surface area contributed by atoms with Crippen LogP contribution < -0.4 is 0 Å². The molecule has 0 unspecified atom stereocenters. The van der Waals surface area contributed by atoms with Gasteiger partial charge in [-0.05, 0) is 6.92 Å². The Kier molecular flexibility index (Phi) is 3.27. The summed E-state index contributed by atoms with van der Waals surface area (Å²) in [6.45, 7) is 2.60. The van der Waals surface area contributed by atoms with Gasteiger partial charge in [-0.2, -0.15) is 0 Å². The third-order valence-electron chi connectivity index (χ3n) is 1.56. The molecule has 0 aliphatic heterocycles. The van der Waals surface area contributed by atoms with E-state index in [0.29, 0.717) is 13.0 Å². The largest absolute Gasteiger partial charge is 0.335 e. The topological polar surface area (TPSA) is 17.8 Å². The summed E-state index contributed by atoms with van der Waals surface area (Å²) in [5.41, 5.74) is 0. The Balaban J connectivity index is 2.49. The lowest BCUT2D eigenvalue weighted by molar-refractivity contribution is 0.635. The molecule has 2 nitrogen and oxygen atoms in total. The van der Waals surface area contributed by atoms with Crippen LogP contribution in [-0.2, 0) is 6.54 Å². The highest BCUT2D eigenvalue weighted by atomic mass is 35.6. The maximum atomic E-state index is 5.60. The van der Waals surface area contributed by atoms with Crippen molar-refractivity contribution in [2.24, 2.45) is 0 Å². The number of hydrogen-bond acceptors (Lipinski definition) is 1. The second kappa shape index (κ2) is 3.86. The zero-order valence-corrected chi connectivity index (χ0v) is 8.87. The summed E-state index contributed by atoms with van der Waals surface area (Å²) >= 11 is 16.8. The van der Waals surface area contributed by atoms with Crippen LogP contribution >= 0.6 is 34.8 Å². The van der Waals surface area contributed by atoms with Gasteiger partial charge in [0.05, 0.1) is 0 Å². The molecule has 0 N–H and O–H groups in total. The van der Waals surface area contributed by atoms with Gasteiger partial charge in [-0.15, -0.1) is 0 Å². The van der Waals surface area contributed by atoms with Crippen molar-refractivity contribution < 1.29 is 0 Å². The number of imidazole rings is 1. The summed E-state index contributed by atoms with van der Waals surface area (Å²) in [6.07, 6.45) is 4.09. The van der Waals surface area contributed by atoms with Crippen molar-refractivity contribution in [1.29, 1.82) is 0 Å². The predicted octanol–water partition coefficient (Wildman–Crippen LogP) is 2.95. The zero-order valence-electron chi connectivity index (χ0n) is 6.60. The molecule has 12 heavy (non-hydrogen) atoms. The first kappa shape index (κ1) is 10.2. The summed E-state index contributed by atoms with van der Waals surface area (Å²) in [6, 6.07) is 0. The minimum absolute atomic E-state index is 0.495. The molecule has 68 valence electrons. The van der Waals surface area contributed by atoms with Crippen molar-refractivity contribution in [3.63, 3.8) is 0 Å². The van der Waals surface area contributed by atoms with E-state index in [1.807, 2.05) is 17.7 Å². The Bertz CT molecular complexity index is 251. The summed E-state index contributed by atoms with van der Waals surface area (Å²) in [7, 11) is 0. The van der Waals surface area contributed by atoms with E-state index in [-0.39, 0.29) is 0 Å². The standard InChI is InChI=1S/C7H9Cl3N2/c1-6-11-3-5-12(6)4-2-7(8,9)10/h3,5H,2,4H2,1H3. The molecular formula is C7H9Cl3N2. The molecule has 0 saturated heterocycles. The van der Waals surface area contributed by atoms with Gasteiger partial charge in [-0.3, -0.25) is 0 Å². The maximum absolute atomic E-state index is 5.60. The number of hydrogen-bond donors (Lipinski definition) is 0. The second-order valence-electron chi connectivity index (χ2n) is 2.53. The van der Waals surface area contributed by atoms with Gasteiger partial charge in [0, 0.05) is 25.4 Å². The number of aryl methyl sites for hydroxylation is 2. The van der Waals surface area contributed by atoms with E-state index in [9.17, 15) is 0 Å². The number of aromatic nitrogens is 2. The Morgan fingerprint density at radius 3 is 2.58 bits per heavy atom. The van der Waals surface area contributed by atoms with Gasteiger partial charge in [0.25, 0.3) is 0 Å². The minimum atomic E-state index is -1.17. The van der Waals surface area contributed by atoms with E-state index in [4.69, 9.17) is 34.8 Å². The van der Waals surface area contributed by atoms with Gasteiger partial charge >= 0.3 is 0 Å². The van der Waals surface area contributed by atoms with E-state index in [1.54, 1.807) is 6.20 Å². The number of alkyl halides is 3. The van der Waals surface area contributed by atoms with Crippen molar-refractivity contribution >= 4 is 34.8 Å². The van der Waals surface area contributed by atoms with Crippen molar-refractivity contribution in [3.05, 3.63) is 18.2 Å². The predicted molar refractivity (Wildman–Crippen MR) is 51.9 cm³/mol. The SMILES string of the molecule is Cc1nccn1CCC(Cl)(Cl)Cl. The lowest BCUT2D eigenvalue weighted by atomic mass is 10.4. The smallest absolute Gasteiger partial charge is 0.192 e. The van der Waals surface area contributed by atoms with E-state index >= 15 is 0 Å².